The number of rotatable bonds is 6. The molecule has 0 amide bonds. The van der Waals surface area contributed by atoms with Crippen molar-refractivity contribution < 1.29 is 13.7 Å². The summed E-state index contributed by atoms with van der Waals surface area (Å²) in [4.78, 5) is 11.4. The normalized spacial score (nSPS) is 10.4. The molecule has 0 saturated carbocycles. The average molecular weight is 259 g/mol. The Morgan fingerprint density at radius 2 is 2.11 bits per heavy atom. The second-order valence-electron chi connectivity index (χ2n) is 3.89. The van der Waals surface area contributed by atoms with Gasteiger partial charge >= 0.3 is 5.69 Å². The van der Waals surface area contributed by atoms with Gasteiger partial charge in [0.25, 0.3) is 0 Å². The Kier molecular flexibility index (Phi) is 4.96. The highest BCUT2D eigenvalue weighted by atomic mass is 19.1. The zero-order chi connectivity index (χ0) is 13.7. The molecule has 1 N–H and O–H groups in total. The molecule has 0 aromatic heterocycles. The van der Waals surface area contributed by atoms with Gasteiger partial charge in [-0.15, -0.1) is 0 Å². The number of nitro groups is 1. The molecule has 0 fully saturated rings. The van der Waals surface area contributed by atoms with Crippen molar-refractivity contribution in [3.05, 3.63) is 33.9 Å². The highest BCUT2D eigenvalue weighted by Crippen LogP contribution is 2.31. The molecule has 0 aliphatic heterocycles. The van der Waals surface area contributed by atoms with Gasteiger partial charge in [0.05, 0.1) is 4.92 Å². The third kappa shape index (κ3) is 3.36. The van der Waals surface area contributed by atoms with Gasteiger partial charge in [0.15, 0.2) is 0 Å². The Balaban J connectivity index is 3.02. The van der Waals surface area contributed by atoms with Gasteiger partial charge in [-0.25, -0.2) is 4.39 Å². The van der Waals surface area contributed by atoms with Gasteiger partial charge < -0.3 is 10.2 Å². The number of halogens is 2. The van der Waals surface area contributed by atoms with E-state index < -0.39 is 22.2 Å². The molecule has 0 bridgehead atoms. The predicted octanol–water partition coefficient (Wildman–Crippen LogP) is 1.92. The molecule has 1 aromatic rings. The number of benzene rings is 1. The minimum atomic E-state index is -1.16. The smallest absolute Gasteiger partial charge is 0.328 e. The lowest BCUT2D eigenvalue weighted by atomic mass is 10.2. The Labute approximate surface area is 104 Å². The van der Waals surface area contributed by atoms with Crippen LogP contribution >= 0.6 is 0 Å². The monoisotopic (exact) mass is 259 g/mol. The van der Waals surface area contributed by atoms with Crippen molar-refractivity contribution >= 4 is 11.4 Å². The SMILES string of the molecule is CNCCCN(C)c1cc(F)cc(F)c1[N+](=O)[O-]. The minimum absolute atomic E-state index is 0.0476. The lowest BCUT2D eigenvalue weighted by molar-refractivity contribution is -0.386. The van der Waals surface area contributed by atoms with Gasteiger partial charge in [0.2, 0.25) is 5.82 Å². The molecule has 1 rings (SSSR count). The van der Waals surface area contributed by atoms with Crippen LogP contribution < -0.4 is 10.2 Å². The summed E-state index contributed by atoms with van der Waals surface area (Å²) < 4.78 is 26.5. The van der Waals surface area contributed by atoms with Crippen LogP contribution in [0.5, 0.6) is 0 Å². The van der Waals surface area contributed by atoms with Crippen molar-refractivity contribution in [1.82, 2.24) is 5.32 Å². The summed E-state index contributed by atoms with van der Waals surface area (Å²) in [5.74, 6) is -1.98. The van der Waals surface area contributed by atoms with Gasteiger partial charge in [-0.05, 0) is 20.0 Å². The minimum Gasteiger partial charge on any atom is -0.369 e. The van der Waals surface area contributed by atoms with E-state index in [0.717, 1.165) is 12.6 Å². The molecule has 1 aromatic carbocycles. The fourth-order valence-electron chi connectivity index (χ4n) is 1.64. The maximum Gasteiger partial charge on any atom is 0.328 e. The first kappa shape index (κ1) is 14.3. The van der Waals surface area contributed by atoms with Crippen LogP contribution in [0.2, 0.25) is 0 Å². The first-order chi connectivity index (χ1) is 8.47. The van der Waals surface area contributed by atoms with E-state index in [0.29, 0.717) is 19.0 Å². The molecule has 0 atom stereocenters. The van der Waals surface area contributed by atoms with E-state index in [4.69, 9.17) is 0 Å². The third-order valence-corrected chi connectivity index (χ3v) is 2.52. The van der Waals surface area contributed by atoms with Gasteiger partial charge in [-0.3, -0.25) is 10.1 Å². The molecule has 100 valence electrons. The first-order valence-electron chi connectivity index (χ1n) is 5.46. The zero-order valence-corrected chi connectivity index (χ0v) is 10.2. The van der Waals surface area contributed by atoms with Crippen LogP contribution in [0.3, 0.4) is 0 Å². The Hall–Kier alpha value is -1.76. The van der Waals surface area contributed by atoms with Crippen LogP contribution in [0.25, 0.3) is 0 Å². The van der Waals surface area contributed by atoms with Crippen LogP contribution in [0.15, 0.2) is 12.1 Å². The van der Waals surface area contributed by atoms with E-state index in [-0.39, 0.29) is 5.69 Å². The molecule has 0 aliphatic rings. The largest absolute Gasteiger partial charge is 0.369 e. The molecule has 18 heavy (non-hydrogen) atoms. The molecule has 0 aliphatic carbocycles. The summed E-state index contributed by atoms with van der Waals surface area (Å²) in [7, 11) is 3.35. The van der Waals surface area contributed by atoms with Crippen LogP contribution in [0.4, 0.5) is 20.2 Å². The number of anilines is 1. The maximum atomic E-state index is 13.4. The molecule has 0 spiro atoms. The lowest BCUT2D eigenvalue weighted by Gasteiger charge is -2.19. The fourth-order valence-corrected chi connectivity index (χ4v) is 1.64. The van der Waals surface area contributed by atoms with E-state index in [2.05, 4.69) is 5.32 Å². The number of nitrogens with one attached hydrogen (secondary N) is 1. The maximum absolute atomic E-state index is 13.4. The van der Waals surface area contributed by atoms with Crippen molar-refractivity contribution in [2.75, 3.05) is 32.1 Å². The molecular weight excluding hydrogens is 244 g/mol. The lowest BCUT2D eigenvalue weighted by Crippen LogP contribution is -2.23. The topological polar surface area (TPSA) is 58.4 Å². The van der Waals surface area contributed by atoms with Gasteiger partial charge in [-0.2, -0.15) is 4.39 Å². The molecule has 0 unspecified atom stereocenters. The highest BCUT2D eigenvalue weighted by molar-refractivity contribution is 5.63. The van der Waals surface area contributed by atoms with Crippen LogP contribution in [-0.2, 0) is 0 Å². The number of hydrogen-bond acceptors (Lipinski definition) is 4. The summed E-state index contributed by atoms with van der Waals surface area (Å²) >= 11 is 0. The van der Waals surface area contributed by atoms with Crippen molar-refractivity contribution in [2.45, 2.75) is 6.42 Å². The predicted molar refractivity (Wildman–Crippen MR) is 64.8 cm³/mol. The standard InChI is InChI=1S/C11H15F2N3O2/c1-14-4-3-5-15(2)10-7-8(12)6-9(13)11(10)16(17)18/h6-7,14H,3-5H2,1-2H3. The average Bonchev–Trinajstić information content (AvgIpc) is 2.27. The Morgan fingerprint density at radius 3 is 2.67 bits per heavy atom. The summed E-state index contributed by atoms with van der Waals surface area (Å²) in [6.45, 7) is 1.18. The molecule has 5 nitrogen and oxygen atoms in total. The van der Waals surface area contributed by atoms with E-state index in [1.807, 2.05) is 0 Å². The van der Waals surface area contributed by atoms with Crippen LogP contribution in [0.1, 0.15) is 6.42 Å². The van der Waals surface area contributed by atoms with Crippen molar-refractivity contribution in [3.63, 3.8) is 0 Å². The summed E-state index contributed by atoms with van der Waals surface area (Å²) in [6.07, 6.45) is 0.711. The third-order valence-electron chi connectivity index (χ3n) is 2.52. The molecular formula is C11H15F2N3O2. The highest BCUT2D eigenvalue weighted by Gasteiger charge is 2.24. The first-order valence-corrected chi connectivity index (χ1v) is 5.46. The number of nitro benzene ring substituents is 1. The van der Waals surface area contributed by atoms with E-state index in [1.54, 1.807) is 14.1 Å². The second-order valence-corrected chi connectivity index (χ2v) is 3.89. The zero-order valence-electron chi connectivity index (χ0n) is 10.2. The van der Waals surface area contributed by atoms with Crippen molar-refractivity contribution in [3.8, 4) is 0 Å². The summed E-state index contributed by atoms with van der Waals surface area (Å²) in [6, 6.07) is 1.49. The molecule has 0 radical (unpaired) electrons. The van der Waals surface area contributed by atoms with Crippen molar-refractivity contribution in [2.24, 2.45) is 0 Å². The van der Waals surface area contributed by atoms with Crippen molar-refractivity contribution in [1.29, 1.82) is 0 Å². The summed E-state index contributed by atoms with van der Waals surface area (Å²) in [5, 5.41) is 13.7. The Morgan fingerprint density at radius 1 is 1.44 bits per heavy atom. The van der Waals surface area contributed by atoms with E-state index in [1.165, 1.54) is 4.90 Å². The quantitative estimate of drug-likeness (QED) is 0.481. The van der Waals surface area contributed by atoms with Crippen LogP contribution in [0, 0.1) is 21.7 Å². The van der Waals surface area contributed by atoms with Gasteiger partial charge in [0, 0.05) is 25.7 Å². The fraction of sp³-hybridized carbons (Fsp3) is 0.455. The Bertz CT molecular complexity index is 441. The van der Waals surface area contributed by atoms with E-state index in [9.17, 15) is 18.9 Å². The second kappa shape index (κ2) is 6.25. The van der Waals surface area contributed by atoms with Gasteiger partial charge in [-0.1, -0.05) is 0 Å². The van der Waals surface area contributed by atoms with Crippen LogP contribution in [-0.4, -0.2) is 32.1 Å². The molecule has 0 heterocycles. The molecule has 0 saturated heterocycles. The molecule has 7 heteroatoms. The number of hydrogen-bond donors (Lipinski definition) is 1. The number of nitrogens with zero attached hydrogens (tertiary/aromatic N) is 2. The summed E-state index contributed by atoms with van der Waals surface area (Å²) in [5.41, 5.74) is -0.739. The van der Waals surface area contributed by atoms with E-state index >= 15 is 0 Å². The van der Waals surface area contributed by atoms with Gasteiger partial charge in [0.1, 0.15) is 11.5 Å².